The van der Waals surface area contributed by atoms with Crippen LogP contribution in [-0.4, -0.2) is 29.1 Å². The van der Waals surface area contributed by atoms with Gasteiger partial charge >= 0.3 is 5.69 Å². The maximum Gasteiger partial charge on any atom is 0.353 e. The second-order valence-electron chi connectivity index (χ2n) is 5.65. The number of halogens is 2. The number of rotatable bonds is 7. The number of nitrogens with zero attached hydrogens (tertiary/aromatic N) is 3. The summed E-state index contributed by atoms with van der Waals surface area (Å²) in [6, 6.07) is 9.68. The van der Waals surface area contributed by atoms with Gasteiger partial charge in [-0.05, 0) is 30.3 Å². The van der Waals surface area contributed by atoms with Crippen LogP contribution in [0.15, 0.2) is 42.7 Å². The van der Waals surface area contributed by atoms with E-state index >= 15 is 0 Å². The molecule has 150 valence electrons. The van der Waals surface area contributed by atoms with Crippen molar-refractivity contribution in [2.45, 2.75) is 0 Å². The smallest absolute Gasteiger partial charge is 0.353 e. The molecule has 0 aliphatic heterocycles. The zero-order valence-electron chi connectivity index (χ0n) is 15.3. The summed E-state index contributed by atoms with van der Waals surface area (Å²) in [5.41, 5.74) is 0.507. The van der Waals surface area contributed by atoms with Crippen molar-refractivity contribution in [2.24, 2.45) is 0 Å². The van der Waals surface area contributed by atoms with Gasteiger partial charge in [-0.2, -0.15) is 0 Å². The molecular formula is C18H15Cl2N5O4. The molecule has 11 heteroatoms. The first-order valence-electron chi connectivity index (χ1n) is 8.13. The van der Waals surface area contributed by atoms with Crippen molar-refractivity contribution in [3.8, 4) is 11.5 Å². The maximum atomic E-state index is 11.8. The number of hydrogen-bond donors (Lipinski definition) is 2. The van der Waals surface area contributed by atoms with Crippen LogP contribution in [0.25, 0.3) is 0 Å². The van der Waals surface area contributed by atoms with E-state index in [9.17, 15) is 10.1 Å². The number of nitrogens with one attached hydrogen (secondary N) is 2. The first-order valence-corrected chi connectivity index (χ1v) is 8.88. The van der Waals surface area contributed by atoms with Crippen molar-refractivity contribution in [2.75, 3.05) is 24.9 Å². The van der Waals surface area contributed by atoms with Gasteiger partial charge in [-0.25, -0.2) is 9.97 Å². The molecule has 0 saturated carbocycles. The zero-order chi connectivity index (χ0) is 21.0. The Hall–Kier alpha value is -3.30. The zero-order valence-corrected chi connectivity index (χ0v) is 16.8. The average molecular weight is 436 g/mol. The third-order valence-corrected chi connectivity index (χ3v) is 4.23. The molecule has 0 atom stereocenters. The van der Waals surface area contributed by atoms with E-state index in [1.54, 1.807) is 36.4 Å². The lowest BCUT2D eigenvalue weighted by atomic mass is 10.2. The molecule has 1 aromatic heterocycles. The van der Waals surface area contributed by atoms with Crippen LogP contribution in [0.2, 0.25) is 10.0 Å². The number of methoxy groups -OCH3 is 2. The minimum atomic E-state index is -0.594. The highest BCUT2D eigenvalue weighted by molar-refractivity contribution is 6.35. The van der Waals surface area contributed by atoms with Gasteiger partial charge in [0.25, 0.3) is 0 Å². The van der Waals surface area contributed by atoms with Crippen LogP contribution >= 0.6 is 23.2 Å². The van der Waals surface area contributed by atoms with Crippen LogP contribution in [0.1, 0.15) is 0 Å². The Kier molecular flexibility index (Phi) is 6.20. The lowest BCUT2D eigenvalue weighted by molar-refractivity contribution is -0.383. The molecule has 0 radical (unpaired) electrons. The predicted octanol–water partition coefficient (Wildman–Crippen LogP) is 5.20. The largest absolute Gasteiger partial charge is 0.497 e. The minimum Gasteiger partial charge on any atom is -0.497 e. The van der Waals surface area contributed by atoms with E-state index in [2.05, 4.69) is 20.6 Å². The van der Waals surface area contributed by atoms with Crippen molar-refractivity contribution in [3.63, 3.8) is 0 Å². The molecule has 2 N–H and O–H groups in total. The van der Waals surface area contributed by atoms with Crippen LogP contribution < -0.4 is 20.1 Å². The number of aromatic nitrogens is 2. The molecule has 0 saturated heterocycles. The summed E-state index contributed by atoms with van der Waals surface area (Å²) in [4.78, 5) is 19.2. The van der Waals surface area contributed by atoms with E-state index in [1.807, 2.05) is 0 Å². The van der Waals surface area contributed by atoms with Gasteiger partial charge in [-0.1, -0.05) is 23.2 Å². The monoisotopic (exact) mass is 435 g/mol. The number of nitro groups is 1. The molecule has 0 bridgehead atoms. The molecule has 2 aromatic carbocycles. The van der Waals surface area contributed by atoms with Crippen LogP contribution in [0.3, 0.4) is 0 Å². The van der Waals surface area contributed by atoms with E-state index < -0.39 is 4.92 Å². The van der Waals surface area contributed by atoms with Gasteiger partial charge < -0.3 is 20.1 Å². The highest BCUT2D eigenvalue weighted by Crippen LogP contribution is 2.37. The van der Waals surface area contributed by atoms with E-state index in [-0.39, 0.29) is 17.3 Å². The van der Waals surface area contributed by atoms with Crippen LogP contribution in [0.4, 0.5) is 28.7 Å². The minimum absolute atomic E-state index is 0.0345. The summed E-state index contributed by atoms with van der Waals surface area (Å²) >= 11 is 12.0. The maximum absolute atomic E-state index is 11.8. The second kappa shape index (κ2) is 8.80. The molecular weight excluding hydrogens is 421 g/mol. The molecule has 0 unspecified atom stereocenters. The molecule has 9 nitrogen and oxygen atoms in total. The van der Waals surface area contributed by atoms with Gasteiger partial charge in [0.2, 0.25) is 11.6 Å². The molecule has 0 amide bonds. The van der Waals surface area contributed by atoms with Crippen molar-refractivity contribution in [1.29, 1.82) is 0 Å². The molecule has 1 heterocycles. The van der Waals surface area contributed by atoms with Gasteiger partial charge in [0.1, 0.15) is 17.8 Å². The molecule has 0 fully saturated rings. The van der Waals surface area contributed by atoms with Gasteiger partial charge in [-0.15, -0.1) is 0 Å². The Morgan fingerprint density at radius 1 is 0.966 bits per heavy atom. The third kappa shape index (κ3) is 4.76. The number of anilines is 4. The van der Waals surface area contributed by atoms with Gasteiger partial charge in [0, 0.05) is 21.8 Å². The third-order valence-electron chi connectivity index (χ3n) is 3.79. The van der Waals surface area contributed by atoms with E-state index in [4.69, 9.17) is 32.7 Å². The Morgan fingerprint density at radius 3 is 2.21 bits per heavy atom. The van der Waals surface area contributed by atoms with Crippen LogP contribution in [0.5, 0.6) is 11.5 Å². The Morgan fingerprint density at radius 2 is 1.62 bits per heavy atom. The van der Waals surface area contributed by atoms with Gasteiger partial charge in [0.05, 0.1) is 24.8 Å². The fourth-order valence-corrected chi connectivity index (χ4v) is 3.06. The van der Waals surface area contributed by atoms with Crippen molar-refractivity contribution in [1.82, 2.24) is 9.97 Å². The fraction of sp³-hybridized carbons (Fsp3) is 0.111. The highest BCUT2D eigenvalue weighted by Gasteiger charge is 2.24. The highest BCUT2D eigenvalue weighted by atomic mass is 35.5. The molecule has 0 spiro atoms. The summed E-state index contributed by atoms with van der Waals surface area (Å²) < 4.78 is 10.5. The van der Waals surface area contributed by atoms with E-state index in [1.165, 1.54) is 20.5 Å². The molecule has 0 aliphatic carbocycles. The van der Waals surface area contributed by atoms with Crippen LogP contribution in [0, 0.1) is 10.1 Å². The molecule has 3 rings (SSSR count). The lowest BCUT2D eigenvalue weighted by Crippen LogP contribution is -2.06. The van der Waals surface area contributed by atoms with Crippen molar-refractivity contribution in [3.05, 3.63) is 62.9 Å². The first kappa shape index (κ1) is 20.4. The predicted molar refractivity (Wildman–Crippen MR) is 111 cm³/mol. The van der Waals surface area contributed by atoms with Gasteiger partial charge in [-0.3, -0.25) is 10.1 Å². The number of hydrogen-bond acceptors (Lipinski definition) is 8. The fourth-order valence-electron chi connectivity index (χ4n) is 2.54. The second-order valence-corrected chi connectivity index (χ2v) is 6.52. The summed E-state index contributed by atoms with van der Waals surface area (Å²) in [6.45, 7) is 0. The SMILES string of the molecule is COc1ccc(OC)c(Nc2ncnc(Nc3cc(Cl)cc(Cl)c3)c2[N+](=O)[O-])c1. The Bertz CT molecular complexity index is 1040. The summed E-state index contributed by atoms with van der Waals surface area (Å²) in [5, 5.41) is 18.3. The summed E-state index contributed by atoms with van der Waals surface area (Å²) in [6.07, 6.45) is 1.19. The van der Waals surface area contributed by atoms with E-state index in [0.717, 1.165) is 0 Å². The Labute approximate surface area is 175 Å². The van der Waals surface area contributed by atoms with Crippen LogP contribution in [-0.2, 0) is 0 Å². The standard InChI is InChI=1S/C18H15Cl2N5O4/c1-28-13-3-4-15(29-2)14(8-13)24-18-16(25(26)27)17(21-9-22-18)23-12-6-10(19)5-11(20)7-12/h3-9H,1-2H3,(H2,21,22,23,24). The lowest BCUT2D eigenvalue weighted by Gasteiger charge is -2.13. The van der Waals surface area contributed by atoms with Crippen molar-refractivity contribution < 1.29 is 14.4 Å². The Balaban J connectivity index is 2.03. The molecule has 3 aromatic rings. The van der Waals surface area contributed by atoms with Gasteiger partial charge in [0.15, 0.2) is 0 Å². The molecule has 29 heavy (non-hydrogen) atoms. The normalized spacial score (nSPS) is 10.3. The van der Waals surface area contributed by atoms with Crippen molar-refractivity contribution >= 4 is 51.9 Å². The quantitative estimate of drug-likeness (QED) is 0.384. The summed E-state index contributed by atoms with van der Waals surface area (Å²) in [7, 11) is 2.99. The van der Waals surface area contributed by atoms with E-state index in [0.29, 0.717) is 32.9 Å². The number of ether oxygens (including phenoxy) is 2. The topological polar surface area (TPSA) is 111 Å². The molecule has 0 aliphatic rings. The average Bonchev–Trinajstić information content (AvgIpc) is 2.67. The summed E-state index contributed by atoms with van der Waals surface area (Å²) in [5.74, 6) is 0.923. The number of benzene rings is 2. The first-order chi connectivity index (χ1) is 13.9.